The molecule has 0 aliphatic heterocycles. The molecule has 0 radical (unpaired) electrons. The molecule has 0 aromatic rings. The lowest BCUT2D eigenvalue weighted by Crippen LogP contribution is -1.86. The first-order valence-corrected chi connectivity index (χ1v) is 3.78. The van der Waals surface area contributed by atoms with Crippen LogP contribution in [0.25, 0.3) is 0 Å². The van der Waals surface area contributed by atoms with E-state index in [4.69, 9.17) is 0 Å². The van der Waals surface area contributed by atoms with Crippen molar-refractivity contribution in [2.75, 3.05) is 0 Å². The standard InChI is InChI=1S/C9H14O2/c1-8(7-9(2)11)5-3-4-6-10/h6-7H,3-5H2,1-2H3. The van der Waals surface area contributed by atoms with Crippen molar-refractivity contribution in [3.05, 3.63) is 11.6 Å². The largest absolute Gasteiger partial charge is 0.303 e. The molecule has 0 aromatic carbocycles. The Morgan fingerprint density at radius 2 is 2.00 bits per heavy atom. The quantitative estimate of drug-likeness (QED) is 0.344. The van der Waals surface area contributed by atoms with Crippen LogP contribution in [0.5, 0.6) is 0 Å². The van der Waals surface area contributed by atoms with Gasteiger partial charge in [0.1, 0.15) is 6.29 Å². The molecule has 0 saturated heterocycles. The van der Waals surface area contributed by atoms with E-state index in [2.05, 4.69) is 0 Å². The molecule has 0 saturated carbocycles. The molecule has 0 spiro atoms. The molecule has 2 nitrogen and oxygen atoms in total. The highest BCUT2D eigenvalue weighted by Gasteiger charge is 1.91. The van der Waals surface area contributed by atoms with Crippen molar-refractivity contribution in [3.8, 4) is 0 Å². The summed E-state index contributed by atoms with van der Waals surface area (Å²) in [4.78, 5) is 20.5. The lowest BCUT2D eigenvalue weighted by atomic mass is 10.1. The van der Waals surface area contributed by atoms with Crippen LogP contribution in [-0.4, -0.2) is 12.1 Å². The molecule has 0 heterocycles. The maximum Gasteiger partial charge on any atom is 0.152 e. The molecule has 0 N–H and O–H groups in total. The number of hydrogen-bond acceptors (Lipinski definition) is 2. The third-order valence-corrected chi connectivity index (χ3v) is 1.34. The molecule has 62 valence electrons. The Morgan fingerprint density at radius 1 is 1.36 bits per heavy atom. The van der Waals surface area contributed by atoms with Crippen molar-refractivity contribution in [1.82, 2.24) is 0 Å². The number of ketones is 1. The maximum atomic E-state index is 10.5. The monoisotopic (exact) mass is 154 g/mol. The van der Waals surface area contributed by atoms with Crippen LogP contribution >= 0.6 is 0 Å². The van der Waals surface area contributed by atoms with Crippen LogP contribution in [0.15, 0.2) is 11.6 Å². The highest BCUT2D eigenvalue weighted by Crippen LogP contribution is 2.04. The zero-order chi connectivity index (χ0) is 8.69. The lowest BCUT2D eigenvalue weighted by molar-refractivity contribution is -0.112. The van der Waals surface area contributed by atoms with E-state index in [1.54, 1.807) is 6.08 Å². The van der Waals surface area contributed by atoms with Gasteiger partial charge in [-0.2, -0.15) is 0 Å². The second kappa shape index (κ2) is 5.83. The highest BCUT2D eigenvalue weighted by molar-refractivity contribution is 5.87. The summed E-state index contributed by atoms with van der Waals surface area (Å²) in [6.07, 6.45) is 4.80. The molecule has 0 aliphatic carbocycles. The molecule has 0 aliphatic rings. The minimum atomic E-state index is 0.0774. The zero-order valence-corrected chi connectivity index (χ0v) is 7.09. The van der Waals surface area contributed by atoms with Crippen LogP contribution in [-0.2, 0) is 9.59 Å². The molecule has 0 atom stereocenters. The Hall–Kier alpha value is -0.920. The van der Waals surface area contributed by atoms with Gasteiger partial charge in [-0.25, -0.2) is 0 Å². The average Bonchev–Trinajstić information content (AvgIpc) is 1.86. The summed E-state index contributed by atoms with van der Waals surface area (Å²) in [6, 6.07) is 0. The van der Waals surface area contributed by atoms with Gasteiger partial charge in [0.15, 0.2) is 5.78 Å². The molecule has 0 fully saturated rings. The number of rotatable bonds is 5. The van der Waals surface area contributed by atoms with Crippen LogP contribution in [0.3, 0.4) is 0 Å². The second-order valence-corrected chi connectivity index (χ2v) is 2.66. The number of allylic oxidation sites excluding steroid dienone is 2. The van der Waals surface area contributed by atoms with Crippen LogP contribution < -0.4 is 0 Å². The van der Waals surface area contributed by atoms with E-state index >= 15 is 0 Å². The van der Waals surface area contributed by atoms with Gasteiger partial charge in [-0.3, -0.25) is 4.79 Å². The first kappa shape index (κ1) is 10.1. The normalized spacial score (nSPS) is 11.3. The summed E-state index contributed by atoms with van der Waals surface area (Å²) in [5.41, 5.74) is 1.05. The Kier molecular flexibility index (Phi) is 5.35. The van der Waals surface area contributed by atoms with E-state index in [0.717, 1.165) is 24.7 Å². The third-order valence-electron chi connectivity index (χ3n) is 1.34. The van der Waals surface area contributed by atoms with Crippen molar-refractivity contribution < 1.29 is 9.59 Å². The number of carbonyl (C=O) groups is 2. The Bertz CT molecular complexity index is 168. The van der Waals surface area contributed by atoms with Crippen molar-refractivity contribution in [3.63, 3.8) is 0 Å². The second-order valence-electron chi connectivity index (χ2n) is 2.66. The average molecular weight is 154 g/mol. The van der Waals surface area contributed by atoms with Gasteiger partial charge >= 0.3 is 0 Å². The van der Waals surface area contributed by atoms with Gasteiger partial charge < -0.3 is 4.79 Å². The predicted octanol–water partition coefficient (Wildman–Crippen LogP) is 1.89. The zero-order valence-electron chi connectivity index (χ0n) is 7.09. The summed E-state index contributed by atoms with van der Waals surface area (Å²) in [6.45, 7) is 3.44. The number of carbonyl (C=O) groups excluding carboxylic acids is 2. The summed E-state index contributed by atoms with van der Waals surface area (Å²) in [5.74, 6) is 0.0774. The Labute approximate surface area is 67.3 Å². The fraction of sp³-hybridized carbons (Fsp3) is 0.556. The van der Waals surface area contributed by atoms with Crippen molar-refractivity contribution >= 4 is 12.1 Å². The SMILES string of the molecule is CC(=O)C=C(C)CCCC=O. The Morgan fingerprint density at radius 3 is 2.45 bits per heavy atom. The van der Waals surface area contributed by atoms with E-state index in [-0.39, 0.29) is 5.78 Å². The molecule has 0 aromatic heterocycles. The molecule has 0 rings (SSSR count). The van der Waals surface area contributed by atoms with Gasteiger partial charge in [0.25, 0.3) is 0 Å². The highest BCUT2D eigenvalue weighted by atomic mass is 16.1. The first-order chi connectivity index (χ1) is 5.16. The Balaban J connectivity index is 3.59. The van der Waals surface area contributed by atoms with E-state index in [1.165, 1.54) is 6.92 Å². The van der Waals surface area contributed by atoms with Crippen LogP contribution in [0, 0.1) is 0 Å². The molecular formula is C9H14O2. The number of hydrogen-bond donors (Lipinski definition) is 0. The first-order valence-electron chi connectivity index (χ1n) is 3.78. The van der Waals surface area contributed by atoms with E-state index in [1.807, 2.05) is 6.92 Å². The lowest BCUT2D eigenvalue weighted by Gasteiger charge is -1.95. The van der Waals surface area contributed by atoms with Gasteiger partial charge in [0.2, 0.25) is 0 Å². The van der Waals surface area contributed by atoms with Crippen molar-refractivity contribution in [1.29, 1.82) is 0 Å². The van der Waals surface area contributed by atoms with Gasteiger partial charge in [-0.15, -0.1) is 0 Å². The molecule has 0 unspecified atom stereocenters. The third kappa shape index (κ3) is 6.97. The van der Waals surface area contributed by atoms with E-state index in [9.17, 15) is 9.59 Å². The summed E-state index contributed by atoms with van der Waals surface area (Å²) < 4.78 is 0. The summed E-state index contributed by atoms with van der Waals surface area (Å²) in [7, 11) is 0. The van der Waals surface area contributed by atoms with Crippen LogP contribution in [0.4, 0.5) is 0 Å². The van der Waals surface area contributed by atoms with Crippen molar-refractivity contribution in [2.45, 2.75) is 33.1 Å². The summed E-state index contributed by atoms with van der Waals surface area (Å²) >= 11 is 0. The van der Waals surface area contributed by atoms with Gasteiger partial charge in [-0.1, -0.05) is 5.57 Å². The van der Waals surface area contributed by atoms with Gasteiger partial charge in [-0.05, 0) is 32.8 Å². The van der Waals surface area contributed by atoms with Crippen molar-refractivity contribution in [2.24, 2.45) is 0 Å². The minimum Gasteiger partial charge on any atom is -0.303 e. The van der Waals surface area contributed by atoms with Crippen LogP contribution in [0.1, 0.15) is 33.1 Å². The maximum absolute atomic E-state index is 10.5. The van der Waals surface area contributed by atoms with Gasteiger partial charge in [0.05, 0.1) is 0 Å². The predicted molar refractivity (Wildman–Crippen MR) is 44.4 cm³/mol. The van der Waals surface area contributed by atoms with E-state index < -0.39 is 0 Å². The minimum absolute atomic E-state index is 0.0774. The molecular weight excluding hydrogens is 140 g/mol. The number of aldehydes is 1. The fourth-order valence-corrected chi connectivity index (χ4v) is 0.883. The van der Waals surface area contributed by atoms with Gasteiger partial charge in [0, 0.05) is 6.42 Å². The fourth-order valence-electron chi connectivity index (χ4n) is 0.883. The van der Waals surface area contributed by atoms with E-state index in [0.29, 0.717) is 6.42 Å². The number of unbranched alkanes of at least 4 members (excludes halogenated alkanes) is 1. The molecule has 0 amide bonds. The molecule has 11 heavy (non-hydrogen) atoms. The van der Waals surface area contributed by atoms with Crippen LogP contribution in [0.2, 0.25) is 0 Å². The summed E-state index contributed by atoms with van der Waals surface area (Å²) in [5, 5.41) is 0. The smallest absolute Gasteiger partial charge is 0.152 e. The topological polar surface area (TPSA) is 34.1 Å². The molecule has 2 heteroatoms. The molecule has 0 bridgehead atoms.